The maximum absolute atomic E-state index is 11.8. The molecule has 1 aromatic carbocycles. The van der Waals surface area contributed by atoms with E-state index >= 15 is 0 Å². The summed E-state index contributed by atoms with van der Waals surface area (Å²) in [5.74, 6) is -1.01. The van der Waals surface area contributed by atoms with Gasteiger partial charge >= 0.3 is 12.1 Å². The van der Waals surface area contributed by atoms with E-state index in [9.17, 15) is 9.59 Å². The summed E-state index contributed by atoms with van der Waals surface area (Å²) in [6.45, 7) is 3.54. The van der Waals surface area contributed by atoms with Gasteiger partial charge in [0, 0.05) is 0 Å². The first kappa shape index (κ1) is 16.0. The lowest BCUT2D eigenvalue weighted by molar-refractivity contribution is 0.0701. The highest BCUT2D eigenvalue weighted by Gasteiger charge is 2.19. The fourth-order valence-electron chi connectivity index (χ4n) is 1.80. The van der Waals surface area contributed by atoms with Gasteiger partial charge in [0.1, 0.15) is 16.5 Å². The van der Waals surface area contributed by atoms with Crippen molar-refractivity contribution in [3.05, 3.63) is 51.5 Å². The maximum atomic E-state index is 11.8. The molecule has 0 aliphatic carbocycles. The molecule has 0 bridgehead atoms. The topological polar surface area (TPSA) is 88.5 Å². The second kappa shape index (κ2) is 7.04. The monoisotopic (exact) mass is 320 g/mol. The number of amides is 1. The van der Waals surface area contributed by atoms with E-state index in [-0.39, 0.29) is 11.5 Å². The van der Waals surface area contributed by atoms with Crippen molar-refractivity contribution in [2.45, 2.75) is 26.5 Å². The van der Waals surface area contributed by atoms with Crippen LogP contribution in [0.5, 0.6) is 0 Å². The first-order valence-corrected chi connectivity index (χ1v) is 7.47. The van der Waals surface area contributed by atoms with Crippen molar-refractivity contribution in [1.82, 2.24) is 10.3 Å². The summed E-state index contributed by atoms with van der Waals surface area (Å²) < 4.78 is 5.12. The van der Waals surface area contributed by atoms with Crippen LogP contribution in [0.25, 0.3) is 0 Å². The Hall–Kier alpha value is -2.41. The number of aromatic carboxylic acids is 1. The average Bonchev–Trinajstić information content (AvgIpc) is 2.88. The molecule has 1 amide bonds. The van der Waals surface area contributed by atoms with Crippen LogP contribution >= 0.6 is 11.3 Å². The molecular formula is C15H16N2O4S. The van der Waals surface area contributed by atoms with Crippen molar-refractivity contribution in [3.8, 4) is 0 Å². The van der Waals surface area contributed by atoms with Gasteiger partial charge in [0.15, 0.2) is 0 Å². The Bertz CT molecular complexity index is 669. The van der Waals surface area contributed by atoms with Gasteiger partial charge in [-0.25, -0.2) is 14.6 Å². The molecule has 1 aromatic heterocycles. The van der Waals surface area contributed by atoms with Crippen LogP contribution < -0.4 is 5.32 Å². The lowest BCUT2D eigenvalue weighted by atomic mass is 10.2. The van der Waals surface area contributed by atoms with E-state index in [4.69, 9.17) is 9.84 Å². The van der Waals surface area contributed by atoms with Crippen molar-refractivity contribution >= 4 is 23.4 Å². The third-order valence-electron chi connectivity index (χ3n) is 2.92. The summed E-state index contributed by atoms with van der Waals surface area (Å²) in [6, 6.07) is 8.92. The number of hydrogen-bond donors (Lipinski definition) is 2. The average molecular weight is 320 g/mol. The van der Waals surface area contributed by atoms with Gasteiger partial charge in [0.25, 0.3) is 0 Å². The van der Waals surface area contributed by atoms with Gasteiger partial charge in [-0.1, -0.05) is 30.3 Å². The van der Waals surface area contributed by atoms with Gasteiger partial charge in [0.05, 0.1) is 11.7 Å². The zero-order valence-corrected chi connectivity index (χ0v) is 13.0. The second-order valence-electron chi connectivity index (χ2n) is 4.70. The number of alkyl carbamates (subject to hydrolysis) is 1. The van der Waals surface area contributed by atoms with E-state index in [2.05, 4.69) is 10.3 Å². The molecule has 0 radical (unpaired) electrons. The molecule has 1 atom stereocenters. The molecule has 116 valence electrons. The predicted molar refractivity (Wildman–Crippen MR) is 82.0 cm³/mol. The fraction of sp³-hybridized carbons (Fsp3) is 0.267. The van der Waals surface area contributed by atoms with Gasteiger partial charge in [-0.2, -0.15) is 0 Å². The minimum Gasteiger partial charge on any atom is -0.477 e. The van der Waals surface area contributed by atoms with E-state index in [0.29, 0.717) is 10.7 Å². The minimum atomic E-state index is -1.01. The fourth-order valence-corrected chi connectivity index (χ4v) is 2.71. The number of carbonyl (C=O) groups is 2. The first-order chi connectivity index (χ1) is 10.5. The maximum Gasteiger partial charge on any atom is 0.408 e. The first-order valence-electron chi connectivity index (χ1n) is 6.65. The van der Waals surface area contributed by atoms with Crippen LogP contribution in [0.1, 0.15) is 38.9 Å². The van der Waals surface area contributed by atoms with Crippen molar-refractivity contribution in [1.29, 1.82) is 0 Å². The Labute approximate surface area is 131 Å². The smallest absolute Gasteiger partial charge is 0.408 e. The highest BCUT2D eigenvalue weighted by molar-refractivity contribution is 7.13. The SMILES string of the molecule is Cc1nc(C(C)NC(=O)OCc2ccccc2)sc1C(=O)O. The third kappa shape index (κ3) is 4.05. The minimum absolute atomic E-state index is 0.177. The number of rotatable bonds is 5. The molecule has 0 fully saturated rings. The van der Waals surface area contributed by atoms with E-state index in [1.165, 1.54) is 0 Å². The highest BCUT2D eigenvalue weighted by Crippen LogP contribution is 2.23. The standard InChI is InChI=1S/C15H16N2O4S/c1-9-12(14(18)19)22-13(16-9)10(2)17-15(20)21-8-11-6-4-3-5-7-11/h3-7,10H,8H2,1-2H3,(H,17,20)(H,18,19). The summed E-state index contributed by atoms with van der Waals surface area (Å²) in [6.07, 6.45) is -0.568. The molecule has 0 saturated carbocycles. The van der Waals surface area contributed by atoms with E-state index in [0.717, 1.165) is 16.9 Å². The molecule has 1 unspecified atom stereocenters. The quantitative estimate of drug-likeness (QED) is 0.883. The number of nitrogens with zero attached hydrogens (tertiary/aromatic N) is 1. The Morgan fingerprint density at radius 1 is 1.36 bits per heavy atom. The van der Waals surface area contributed by atoms with Crippen molar-refractivity contribution in [2.24, 2.45) is 0 Å². The highest BCUT2D eigenvalue weighted by atomic mass is 32.1. The van der Waals surface area contributed by atoms with Gasteiger partial charge in [-0.15, -0.1) is 11.3 Å². The van der Waals surface area contributed by atoms with Gasteiger partial charge < -0.3 is 15.2 Å². The van der Waals surface area contributed by atoms with Crippen LogP contribution in [0.15, 0.2) is 30.3 Å². The molecule has 0 aliphatic rings. The molecular weight excluding hydrogens is 304 g/mol. The Kier molecular flexibility index (Phi) is 5.11. The molecule has 0 aliphatic heterocycles. The third-order valence-corrected chi connectivity index (χ3v) is 4.25. The molecule has 1 heterocycles. The van der Waals surface area contributed by atoms with E-state index in [1.807, 2.05) is 30.3 Å². The number of carbonyl (C=O) groups excluding carboxylic acids is 1. The molecule has 22 heavy (non-hydrogen) atoms. The number of nitrogens with one attached hydrogen (secondary N) is 1. The predicted octanol–water partition coefficient (Wildman–Crippen LogP) is 3.14. The number of carboxylic acid groups (broad SMARTS) is 1. The van der Waals surface area contributed by atoms with Crippen LogP contribution in [0.3, 0.4) is 0 Å². The molecule has 0 spiro atoms. The van der Waals surface area contributed by atoms with Gasteiger partial charge in [-0.3, -0.25) is 0 Å². The van der Waals surface area contributed by atoms with E-state index < -0.39 is 18.1 Å². The van der Waals surface area contributed by atoms with Crippen molar-refractivity contribution in [2.75, 3.05) is 0 Å². The zero-order valence-electron chi connectivity index (χ0n) is 12.2. The summed E-state index contributed by atoms with van der Waals surface area (Å²) in [4.78, 5) is 27.1. The summed E-state index contributed by atoms with van der Waals surface area (Å²) in [7, 11) is 0. The summed E-state index contributed by atoms with van der Waals surface area (Å²) >= 11 is 1.05. The van der Waals surface area contributed by atoms with Crippen LogP contribution in [0.2, 0.25) is 0 Å². The number of hydrogen-bond acceptors (Lipinski definition) is 5. The molecule has 2 aromatic rings. The number of aromatic nitrogens is 1. The molecule has 6 nitrogen and oxygen atoms in total. The molecule has 0 saturated heterocycles. The lowest BCUT2D eigenvalue weighted by Gasteiger charge is -2.11. The van der Waals surface area contributed by atoms with Crippen LogP contribution in [0, 0.1) is 6.92 Å². The second-order valence-corrected chi connectivity index (χ2v) is 5.73. The molecule has 7 heteroatoms. The number of benzene rings is 1. The van der Waals surface area contributed by atoms with Crippen LogP contribution in [0.4, 0.5) is 4.79 Å². The normalized spacial score (nSPS) is 11.7. The number of ether oxygens (including phenoxy) is 1. The van der Waals surface area contributed by atoms with Crippen molar-refractivity contribution < 1.29 is 19.4 Å². The van der Waals surface area contributed by atoms with E-state index in [1.54, 1.807) is 13.8 Å². The molecule has 2 N–H and O–H groups in total. The Morgan fingerprint density at radius 3 is 2.64 bits per heavy atom. The van der Waals surface area contributed by atoms with Crippen molar-refractivity contribution in [3.63, 3.8) is 0 Å². The Balaban J connectivity index is 1.91. The summed E-state index contributed by atoms with van der Waals surface area (Å²) in [5.41, 5.74) is 1.34. The van der Waals surface area contributed by atoms with Gasteiger partial charge in [0.2, 0.25) is 0 Å². The summed E-state index contributed by atoms with van der Waals surface area (Å²) in [5, 5.41) is 12.2. The Morgan fingerprint density at radius 2 is 2.05 bits per heavy atom. The lowest BCUT2D eigenvalue weighted by Crippen LogP contribution is -2.27. The zero-order chi connectivity index (χ0) is 16.1. The van der Waals surface area contributed by atoms with Crippen LogP contribution in [-0.4, -0.2) is 22.2 Å². The van der Waals surface area contributed by atoms with Crippen LogP contribution in [-0.2, 0) is 11.3 Å². The number of carboxylic acids is 1. The number of thiazole rings is 1. The molecule has 2 rings (SSSR count). The van der Waals surface area contributed by atoms with Gasteiger partial charge in [-0.05, 0) is 19.4 Å². The number of aryl methyl sites for hydroxylation is 1. The largest absolute Gasteiger partial charge is 0.477 e.